The first-order chi connectivity index (χ1) is 11.5. The number of methoxy groups -OCH3 is 1. The van der Waals surface area contributed by atoms with Crippen LogP contribution in [0.3, 0.4) is 0 Å². The monoisotopic (exact) mass is 334 g/mol. The number of urea groups is 1. The first-order valence-corrected chi connectivity index (χ1v) is 8.71. The molecule has 1 aliphatic heterocycles. The quantitative estimate of drug-likeness (QED) is 0.801. The minimum atomic E-state index is -0.114. The molecule has 2 heterocycles. The second-order valence-electron chi connectivity index (χ2n) is 6.82. The van der Waals surface area contributed by atoms with Gasteiger partial charge in [-0.3, -0.25) is 9.88 Å². The predicted molar refractivity (Wildman–Crippen MR) is 94.9 cm³/mol. The Morgan fingerprint density at radius 2 is 2.29 bits per heavy atom. The van der Waals surface area contributed by atoms with Crippen molar-refractivity contribution in [3.63, 3.8) is 0 Å². The molecule has 0 aliphatic carbocycles. The number of hydrogen-bond acceptors (Lipinski definition) is 4. The van der Waals surface area contributed by atoms with Crippen LogP contribution < -0.4 is 10.6 Å². The third-order valence-corrected chi connectivity index (χ3v) is 4.52. The fourth-order valence-corrected chi connectivity index (χ4v) is 3.12. The number of nitrogens with zero attached hydrogens (tertiary/aromatic N) is 2. The summed E-state index contributed by atoms with van der Waals surface area (Å²) in [5, 5.41) is 6.20. The van der Waals surface area contributed by atoms with E-state index in [0.717, 1.165) is 43.9 Å². The summed E-state index contributed by atoms with van der Waals surface area (Å²) >= 11 is 0. The van der Waals surface area contributed by atoms with Crippen LogP contribution in [-0.2, 0) is 4.74 Å². The summed E-state index contributed by atoms with van der Waals surface area (Å²) in [6.45, 7) is 9.75. The van der Waals surface area contributed by atoms with Crippen LogP contribution in [-0.4, -0.2) is 55.3 Å². The molecule has 0 spiro atoms. The van der Waals surface area contributed by atoms with Gasteiger partial charge >= 0.3 is 6.03 Å². The number of ether oxygens (including phenoxy) is 1. The van der Waals surface area contributed by atoms with Crippen molar-refractivity contribution in [2.24, 2.45) is 5.92 Å². The predicted octanol–water partition coefficient (Wildman–Crippen LogP) is 2.11. The molecule has 0 bridgehead atoms. The molecular weight excluding hydrogens is 304 g/mol. The molecule has 2 atom stereocenters. The SMILES string of the molecule is COCCN1CC[C@@H](NC(=O)N[C@H](c2ncccc2C)C(C)C)C1. The van der Waals surface area contributed by atoms with Crippen LogP contribution in [0.1, 0.15) is 37.6 Å². The van der Waals surface area contributed by atoms with Crippen LogP contribution >= 0.6 is 0 Å². The second kappa shape index (κ2) is 8.99. The Balaban J connectivity index is 1.89. The van der Waals surface area contributed by atoms with E-state index < -0.39 is 0 Å². The summed E-state index contributed by atoms with van der Waals surface area (Å²) in [6.07, 6.45) is 2.76. The van der Waals surface area contributed by atoms with Gasteiger partial charge in [-0.1, -0.05) is 19.9 Å². The zero-order chi connectivity index (χ0) is 17.5. The number of nitrogens with one attached hydrogen (secondary N) is 2. The van der Waals surface area contributed by atoms with E-state index in [9.17, 15) is 4.79 Å². The third-order valence-electron chi connectivity index (χ3n) is 4.52. The summed E-state index contributed by atoms with van der Waals surface area (Å²) in [4.78, 5) is 19.2. The summed E-state index contributed by atoms with van der Waals surface area (Å²) in [7, 11) is 1.71. The van der Waals surface area contributed by atoms with Crippen molar-refractivity contribution in [3.8, 4) is 0 Å². The minimum absolute atomic E-state index is 0.0859. The number of carbonyl (C=O) groups excluding carboxylic acids is 1. The van der Waals surface area contributed by atoms with Crippen molar-refractivity contribution in [1.29, 1.82) is 0 Å². The molecule has 1 saturated heterocycles. The number of carbonyl (C=O) groups is 1. The van der Waals surface area contributed by atoms with Crippen LogP contribution in [0.2, 0.25) is 0 Å². The van der Waals surface area contributed by atoms with Gasteiger partial charge < -0.3 is 15.4 Å². The maximum atomic E-state index is 12.4. The Morgan fingerprint density at radius 3 is 2.96 bits per heavy atom. The largest absolute Gasteiger partial charge is 0.383 e. The average molecular weight is 334 g/mol. The second-order valence-corrected chi connectivity index (χ2v) is 6.82. The molecule has 1 aliphatic rings. The van der Waals surface area contributed by atoms with E-state index in [4.69, 9.17) is 4.74 Å². The van der Waals surface area contributed by atoms with E-state index >= 15 is 0 Å². The van der Waals surface area contributed by atoms with Gasteiger partial charge in [-0.15, -0.1) is 0 Å². The van der Waals surface area contributed by atoms with Crippen LogP contribution in [0.5, 0.6) is 0 Å². The Bertz CT molecular complexity index is 536. The maximum Gasteiger partial charge on any atom is 0.315 e. The molecule has 0 unspecified atom stereocenters. The van der Waals surface area contributed by atoms with Crippen molar-refractivity contribution < 1.29 is 9.53 Å². The summed E-state index contributed by atoms with van der Waals surface area (Å²) in [5.74, 6) is 0.270. The van der Waals surface area contributed by atoms with Crippen molar-refractivity contribution in [3.05, 3.63) is 29.6 Å². The maximum absolute atomic E-state index is 12.4. The average Bonchev–Trinajstić information content (AvgIpc) is 2.98. The summed E-state index contributed by atoms with van der Waals surface area (Å²) in [5.41, 5.74) is 2.04. The molecule has 24 heavy (non-hydrogen) atoms. The van der Waals surface area contributed by atoms with Crippen LogP contribution in [0.15, 0.2) is 18.3 Å². The number of pyridine rings is 1. The number of likely N-dealkylation sites (tertiary alicyclic amines) is 1. The van der Waals surface area contributed by atoms with Crippen LogP contribution in [0, 0.1) is 12.8 Å². The fraction of sp³-hybridized carbons (Fsp3) is 0.667. The topological polar surface area (TPSA) is 66.5 Å². The lowest BCUT2D eigenvalue weighted by Crippen LogP contribution is -2.46. The lowest BCUT2D eigenvalue weighted by Gasteiger charge is -2.24. The van der Waals surface area contributed by atoms with Gasteiger partial charge in [-0.25, -0.2) is 4.79 Å². The third kappa shape index (κ3) is 5.18. The first-order valence-electron chi connectivity index (χ1n) is 8.71. The molecule has 2 rings (SSSR count). The molecule has 134 valence electrons. The number of aromatic nitrogens is 1. The fourth-order valence-electron chi connectivity index (χ4n) is 3.12. The molecule has 0 saturated carbocycles. The highest BCUT2D eigenvalue weighted by Gasteiger charge is 2.26. The van der Waals surface area contributed by atoms with Crippen molar-refractivity contribution in [2.75, 3.05) is 33.4 Å². The Labute approximate surface area is 145 Å². The van der Waals surface area contributed by atoms with Gasteiger partial charge in [0.15, 0.2) is 0 Å². The zero-order valence-electron chi connectivity index (χ0n) is 15.2. The summed E-state index contributed by atoms with van der Waals surface area (Å²) < 4.78 is 5.11. The Morgan fingerprint density at radius 1 is 1.50 bits per heavy atom. The van der Waals surface area contributed by atoms with Gasteiger partial charge in [0.1, 0.15) is 0 Å². The van der Waals surface area contributed by atoms with Gasteiger partial charge in [0.25, 0.3) is 0 Å². The lowest BCUT2D eigenvalue weighted by molar-refractivity contribution is 0.159. The van der Waals surface area contributed by atoms with Crippen LogP contribution in [0.4, 0.5) is 4.79 Å². The number of aryl methyl sites for hydroxylation is 1. The highest BCUT2D eigenvalue weighted by molar-refractivity contribution is 5.74. The van der Waals surface area contributed by atoms with Crippen molar-refractivity contribution in [1.82, 2.24) is 20.5 Å². The van der Waals surface area contributed by atoms with Crippen molar-refractivity contribution in [2.45, 2.75) is 39.3 Å². The van der Waals surface area contributed by atoms with Gasteiger partial charge in [-0.05, 0) is 30.9 Å². The van der Waals surface area contributed by atoms with E-state index in [0.29, 0.717) is 0 Å². The lowest BCUT2D eigenvalue weighted by atomic mass is 9.97. The highest BCUT2D eigenvalue weighted by Crippen LogP contribution is 2.22. The number of amides is 2. The summed E-state index contributed by atoms with van der Waals surface area (Å²) in [6, 6.07) is 3.94. The molecule has 0 radical (unpaired) electrons. The Kier molecular flexibility index (Phi) is 6.99. The Hall–Kier alpha value is -1.66. The zero-order valence-corrected chi connectivity index (χ0v) is 15.2. The molecule has 1 fully saturated rings. The molecular formula is C18H30N4O2. The molecule has 0 aromatic carbocycles. The van der Waals surface area contributed by atoms with E-state index in [-0.39, 0.29) is 24.0 Å². The molecule has 2 N–H and O–H groups in total. The van der Waals surface area contributed by atoms with E-state index in [1.165, 1.54) is 0 Å². The standard InChI is InChI=1S/C18H30N4O2/c1-13(2)16(17-14(3)6-5-8-19-17)21-18(23)20-15-7-9-22(12-15)10-11-24-4/h5-6,8,13,15-16H,7,9-12H2,1-4H3,(H2,20,21,23)/t15-,16+/m1/s1. The van der Waals surface area contributed by atoms with E-state index in [2.05, 4.69) is 34.4 Å². The highest BCUT2D eigenvalue weighted by atomic mass is 16.5. The number of hydrogen-bond donors (Lipinski definition) is 2. The smallest absolute Gasteiger partial charge is 0.315 e. The van der Waals surface area contributed by atoms with Gasteiger partial charge in [0, 0.05) is 39.0 Å². The molecule has 6 heteroatoms. The van der Waals surface area contributed by atoms with Gasteiger partial charge in [0.05, 0.1) is 18.3 Å². The molecule has 1 aromatic heterocycles. The molecule has 6 nitrogen and oxygen atoms in total. The normalized spacial score (nSPS) is 19.5. The molecule has 2 amide bonds. The van der Waals surface area contributed by atoms with Crippen LogP contribution in [0.25, 0.3) is 0 Å². The van der Waals surface area contributed by atoms with E-state index in [1.54, 1.807) is 13.3 Å². The first kappa shape index (κ1) is 18.7. The van der Waals surface area contributed by atoms with Gasteiger partial charge in [0.2, 0.25) is 0 Å². The molecule has 1 aromatic rings. The van der Waals surface area contributed by atoms with E-state index in [1.807, 2.05) is 19.1 Å². The number of rotatable bonds is 7. The van der Waals surface area contributed by atoms with Crippen molar-refractivity contribution >= 4 is 6.03 Å². The minimum Gasteiger partial charge on any atom is -0.383 e. The van der Waals surface area contributed by atoms with Gasteiger partial charge in [-0.2, -0.15) is 0 Å².